The number of nitrogens with one attached hydrogen (secondary N) is 1. The number of aromatic amines is 1. The Morgan fingerprint density at radius 3 is 2.95 bits per heavy atom. The van der Waals surface area contributed by atoms with Gasteiger partial charge in [0, 0.05) is 25.2 Å². The zero-order chi connectivity index (χ0) is 14.8. The summed E-state index contributed by atoms with van der Waals surface area (Å²) in [5, 5.41) is 15.4. The summed E-state index contributed by atoms with van der Waals surface area (Å²) in [5.41, 5.74) is 1.50. The summed E-state index contributed by atoms with van der Waals surface area (Å²) in [6, 6.07) is 1.85. The van der Waals surface area contributed by atoms with E-state index in [0.29, 0.717) is 18.8 Å². The number of aryl methyl sites for hydroxylation is 2. The van der Waals surface area contributed by atoms with Crippen molar-refractivity contribution in [2.24, 2.45) is 0 Å². The monoisotopic (exact) mass is 288 g/mol. The summed E-state index contributed by atoms with van der Waals surface area (Å²) in [6.07, 6.45) is 2.80. The largest absolute Gasteiger partial charge is 0.328 e. The van der Waals surface area contributed by atoms with E-state index in [1.54, 1.807) is 4.90 Å². The van der Waals surface area contributed by atoms with Crippen LogP contribution in [-0.4, -0.2) is 42.3 Å². The van der Waals surface area contributed by atoms with Crippen LogP contribution in [0.1, 0.15) is 48.1 Å². The van der Waals surface area contributed by atoms with Crippen LogP contribution in [0, 0.1) is 0 Å². The number of carbonyl (C=O) groups excluding carboxylic acids is 1. The summed E-state index contributed by atoms with van der Waals surface area (Å²) in [5.74, 6) is 1.80. The van der Waals surface area contributed by atoms with E-state index in [1.807, 2.05) is 6.07 Å². The molecule has 0 aliphatic carbocycles. The smallest absolute Gasteiger partial charge is 0.274 e. The average Bonchev–Trinajstić information content (AvgIpc) is 3.12. The number of H-pyrrole nitrogens is 1. The molecule has 3 heterocycles. The van der Waals surface area contributed by atoms with Crippen LogP contribution in [0.5, 0.6) is 0 Å². The minimum Gasteiger partial charge on any atom is -0.328 e. The average molecular weight is 288 g/mol. The maximum absolute atomic E-state index is 12.5. The lowest BCUT2D eigenvalue weighted by Crippen LogP contribution is -2.39. The van der Waals surface area contributed by atoms with Crippen LogP contribution >= 0.6 is 0 Å². The number of fused-ring (bicyclic) bond motifs is 1. The van der Waals surface area contributed by atoms with Gasteiger partial charge in [0.15, 0.2) is 5.82 Å². The SMILES string of the molecule is CCCc1cc(C(=O)N2CCn3c(CC)nnc3C2)n[nH]1. The molecule has 0 saturated heterocycles. The van der Waals surface area contributed by atoms with Gasteiger partial charge in [0.2, 0.25) is 0 Å². The predicted molar refractivity (Wildman–Crippen MR) is 76.7 cm³/mol. The quantitative estimate of drug-likeness (QED) is 0.916. The molecule has 7 nitrogen and oxygen atoms in total. The molecule has 1 aliphatic heterocycles. The van der Waals surface area contributed by atoms with Crippen LogP contribution in [0.3, 0.4) is 0 Å². The van der Waals surface area contributed by atoms with Gasteiger partial charge >= 0.3 is 0 Å². The highest BCUT2D eigenvalue weighted by Gasteiger charge is 2.26. The van der Waals surface area contributed by atoms with Gasteiger partial charge in [-0.05, 0) is 12.5 Å². The van der Waals surface area contributed by atoms with Crippen molar-refractivity contribution in [1.29, 1.82) is 0 Å². The van der Waals surface area contributed by atoms with Gasteiger partial charge in [-0.1, -0.05) is 20.3 Å². The van der Waals surface area contributed by atoms with Gasteiger partial charge in [-0.25, -0.2) is 0 Å². The van der Waals surface area contributed by atoms with E-state index < -0.39 is 0 Å². The Morgan fingerprint density at radius 1 is 1.33 bits per heavy atom. The number of aromatic nitrogens is 5. The second kappa shape index (κ2) is 5.67. The van der Waals surface area contributed by atoms with Gasteiger partial charge in [-0.3, -0.25) is 9.89 Å². The minimum atomic E-state index is -0.0408. The third-order valence-electron chi connectivity index (χ3n) is 3.80. The van der Waals surface area contributed by atoms with Gasteiger partial charge < -0.3 is 9.47 Å². The Labute approximate surface area is 123 Å². The summed E-state index contributed by atoms with van der Waals surface area (Å²) in [6.45, 7) is 6.09. The first-order chi connectivity index (χ1) is 10.2. The molecule has 0 fully saturated rings. The zero-order valence-electron chi connectivity index (χ0n) is 12.5. The Kier molecular flexibility index (Phi) is 3.72. The van der Waals surface area contributed by atoms with Crippen molar-refractivity contribution in [1.82, 2.24) is 29.9 Å². The lowest BCUT2D eigenvalue weighted by Gasteiger charge is -2.27. The first kappa shape index (κ1) is 13.8. The van der Waals surface area contributed by atoms with E-state index in [1.165, 1.54) is 0 Å². The van der Waals surface area contributed by atoms with E-state index >= 15 is 0 Å². The third kappa shape index (κ3) is 2.55. The minimum absolute atomic E-state index is 0.0408. The number of amides is 1. The molecule has 0 unspecified atom stereocenters. The molecule has 0 radical (unpaired) electrons. The second-order valence-corrected chi connectivity index (χ2v) is 5.29. The van der Waals surface area contributed by atoms with Crippen LogP contribution < -0.4 is 0 Å². The Hall–Kier alpha value is -2.18. The number of carbonyl (C=O) groups is 1. The molecule has 1 amide bonds. The first-order valence-corrected chi connectivity index (χ1v) is 7.47. The molecule has 0 bridgehead atoms. The summed E-state index contributed by atoms with van der Waals surface area (Å²) in [4.78, 5) is 14.3. The zero-order valence-corrected chi connectivity index (χ0v) is 12.5. The fraction of sp³-hybridized carbons (Fsp3) is 0.571. The maximum atomic E-state index is 12.5. The molecule has 3 rings (SSSR count). The highest BCUT2D eigenvalue weighted by atomic mass is 16.2. The molecule has 1 N–H and O–H groups in total. The van der Waals surface area contributed by atoms with Crippen molar-refractivity contribution in [3.8, 4) is 0 Å². The van der Waals surface area contributed by atoms with Crippen LogP contribution in [-0.2, 0) is 25.9 Å². The number of hydrogen-bond acceptors (Lipinski definition) is 4. The van der Waals surface area contributed by atoms with Crippen LogP contribution in [0.25, 0.3) is 0 Å². The van der Waals surface area contributed by atoms with Gasteiger partial charge in [0.05, 0.1) is 6.54 Å². The molecule has 0 spiro atoms. The van der Waals surface area contributed by atoms with Gasteiger partial charge in [-0.15, -0.1) is 10.2 Å². The molecule has 0 aromatic carbocycles. The molecule has 2 aromatic rings. The standard InChI is InChI=1S/C14H20N6O/c1-3-5-10-8-11(16-15-10)14(21)19-6-7-20-12(4-2)17-18-13(20)9-19/h8H,3-7,9H2,1-2H3,(H,15,16). The highest BCUT2D eigenvalue weighted by Crippen LogP contribution is 2.15. The molecule has 1 aliphatic rings. The molecular formula is C14H20N6O. The van der Waals surface area contributed by atoms with Gasteiger partial charge in [-0.2, -0.15) is 5.10 Å². The van der Waals surface area contributed by atoms with E-state index in [4.69, 9.17) is 0 Å². The third-order valence-corrected chi connectivity index (χ3v) is 3.80. The summed E-state index contributed by atoms with van der Waals surface area (Å²) < 4.78 is 2.11. The van der Waals surface area contributed by atoms with Crippen molar-refractivity contribution in [3.63, 3.8) is 0 Å². The molecule has 2 aromatic heterocycles. The second-order valence-electron chi connectivity index (χ2n) is 5.29. The number of hydrogen-bond donors (Lipinski definition) is 1. The maximum Gasteiger partial charge on any atom is 0.274 e. The molecule has 0 atom stereocenters. The lowest BCUT2D eigenvalue weighted by molar-refractivity contribution is 0.0700. The topological polar surface area (TPSA) is 79.7 Å². The molecule has 21 heavy (non-hydrogen) atoms. The fourth-order valence-corrected chi connectivity index (χ4v) is 2.68. The van der Waals surface area contributed by atoms with Crippen molar-refractivity contribution >= 4 is 5.91 Å². The van der Waals surface area contributed by atoms with Crippen molar-refractivity contribution in [3.05, 3.63) is 29.1 Å². The van der Waals surface area contributed by atoms with Gasteiger partial charge in [0.1, 0.15) is 11.5 Å². The van der Waals surface area contributed by atoms with Gasteiger partial charge in [0.25, 0.3) is 5.91 Å². The van der Waals surface area contributed by atoms with Crippen LogP contribution in [0.15, 0.2) is 6.07 Å². The molecular weight excluding hydrogens is 268 g/mol. The summed E-state index contributed by atoms with van der Waals surface area (Å²) >= 11 is 0. The summed E-state index contributed by atoms with van der Waals surface area (Å²) in [7, 11) is 0. The highest BCUT2D eigenvalue weighted by molar-refractivity contribution is 5.92. The molecule has 0 saturated carbocycles. The Balaban J connectivity index is 1.74. The first-order valence-electron chi connectivity index (χ1n) is 7.47. The van der Waals surface area contributed by atoms with E-state index in [0.717, 1.165) is 43.1 Å². The molecule has 112 valence electrons. The van der Waals surface area contributed by atoms with Crippen molar-refractivity contribution in [2.75, 3.05) is 6.54 Å². The van der Waals surface area contributed by atoms with Crippen LogP contribution in [0.4, 0.5) is 0 Å². The van der Waals surface area contributed by atoms with Crippen LogP contribution in [0.2, 0.25) is 0 Å². The number of nitrogens with zero attached hydrogens (tertiary/aromatic N) is 5. The Morgan fingerprint density at radius 2 is 2.19 bits per heavy atom. The van der Waals surface area contributed by atoms with E-state index in [9.17, 15) is 4.79 Å². The molecule has 7 heteroatoms. The lowest BCUT2D eigenvalue weighted by atomic mass is 10.2. The van der Waals surface area contributed by atoms with Crippen molar-refractivity contribution < 1.29 is 4.79 Å². The van der Waals surface area contributed by atoms with E-state index in [2.05, 4.69) is 38.8 Å². The predicted octanol–water partition coefficient (Wildman–Crippen LogP) is 1.17. The normalized spacial score (nSPS) is 14.3. The Bertz CT molecular complexity index is 644. The number of rotatable bonds is 4. The fourth-order valence-electron chi connectivity index (χ4n) is 2.68. The van der Waals surface area contributed by atoms with Crippen molar-refractivity contribution in [2.45, 2.75) is 46.2 Å². The van der Waals surface area contributed by atoms with E-state index in [-0.39, 0.29) is 5.91 Å².